The van der Waals surface area contributed by atoms with Gasteiger partial charge in [0.2, 0.25) is 0 Å². The number of hydrogen-bond acceptors (Lipinski definition) is 8. The van der Waals surface area contributed by atoms with E-state index in [-0.39, 0.29) is 5.91 Å². The van der Waals surface area contributed by atoms with Crippen LogP contribution in [0.25, 0.3) is 0 Å². The van der Waals surface area contributed by atoms with Crippen LogP contribution in [-0.2, 0) is 0 Å². The third-order valence-electron chi connectivity index (χ3n) is 5.09. The highest BCUT2D eigenvalue weighted by molar-refractivity contribution is 5.95. The van der Waals surface area contributed by atoms with E-state index in [4.69, 9.17) is 9.47 Å². The molecule has 3 aromatic rings. The average Bonchev–Trinajstić information content (AvgIpc) is 2.84. The number of rotatable bonds is 6. The van der Waals surface area contributed by atoms with E-state index in [1.165, 1.54) is 0 Å². The molecule has 0 unspecified atom stereocenters. The highest BCUT2D eigenvalue weighted by Gasteiger charge is 2.24. The molecule has 1 N–H and O–H groups in total. The standard InChI is InChI=1S/C22H24N6O3/c1-30-18-13-16(14-19(15-18)31-2)22(29)28-11-9-27(10-12-28)21-4-3-20(25-26-21)24-17-5-7-23-8-6-17/h3-8,13-15H,9-12H2,1-2H3,(H,23,24,25). The van der Waals surface area contributed by atoms with Crippen LogP contribution < -0.4 is 19.7 Å². The number of nitrogens with zero attached hydrogens (tertiary/aromatic N) is 5. The molecule has 0 aliphatic carbocycles. The van der Waals surface area contributed by atoms with Crippen molar-refractivity contribution in [2.24, 2.45) is 0 Å². The van der Waals surface area contributed by atoms with Crippen LogP contribution in [0.3, 0.4) is 0 Å². The van der Waals surface area contributed by atoms with Gasteiger partial charge < -0.3 is 24.6 Å². The SMILES string of the molecule is COc1cc(OC)cc(C(=O)N2CCN(c3ccc(Nc4ccncc4)nn3)CC2)c1. The van der Waals surface area contributed by atoms with Crippen LogP contribution in [-0.4, -0.2) is 66.4 Å². The summed E-state index contributed by atoms with van der Waals surface area (Å²) < 4.78 is 10.5. The van der Waals surface area contributed by atoms with Gasteiger partial charge in [0.1, 0.15) is 11.5 Å². The molecule has 9 nitrogen and oxygen atoms in total. The number of pyridine rings is 1. The van der Waals surface area contributed by atoms with E-state index in [9.17, 15) is 4.79 Å². The number of carbonyl (C=O) groups is 1. The van der Waals surface area contributed by atoms with Gasteiger partial charge in [-0.3, -0.25) is 9.78 Å². The van der Waals surface area contributed by atoms with Gasteiger partial charge in [0.05, 0.1) is 14.2 Å². The number of aromatic nitrogens is 3. The Labute approximate surface area is 180 Å². The summed E-state index contributed by atoms with van der Waals surface area (Å²) in [7, 11) is 3.14. The molecule has 0 radical (unpaired) electrons. The molecular formula is C22H24N6O3. The van der Waals surface area contributed by atoms with E-state index in [0.717, 1.165) is 11.5 Å². The zero-order valence-corrected chi connectivity index (χ0v) is 17.5. The van der Waals surface area contributed by atoms with Crippen molar-refractivity contribution in [3.63, 3.8) is 0 Å². The predicted octanol–water partition coefficient (Wildman–Crippen LogP) is 2.59. The fourth-order valence-corrected chi connectivity index (χ4v) is 3.40. The van der Waals surface area contributed by atoms with Gasteiger partial charge >= 0.3 is 0 Å². The lowest BCUT2D eigenvalue weighted by atomic mass is 10.1. The molecule has 1 aromatic carbocycles. The molecule has 2 aromatic heterocycles. The normalized spacial score (nSPS) is 13.6. The minimum absolute atomic E-state index is 0.0418. The van der Waals surface area contributed by atoms with E-state index in [0.29, 0.717) is 49.1 Å². The summed E-state index contributed by atoms with van der Waals surface area (Å²) in [4.78, 5) is 20.9. The first-order chi connectivity index (χ1) is 15.2. The Morgan fingerprint density at radius 2 is 1.58 bits per heavy atom. The van der Waals surface area contributed by atoms with E-state index >= 15 is 0 Å². The summed E-state index contributed by atoms with van der Waals surface area (Å²) in [5, 5.41) is 11.8. The van der Waals surface area contributed by atoms with Gasteiger partial charge in [0.15, 0.2) is 11.6 Å². The fraction of sp³-hybridized carbons (Fsp3) is 0.273. The number of piperazine rings is 1. The first kappa shape index (κ1) is 20.4. The Balaban J connectivity index is 1.37. The topological polar surface area (TPSA) is 92.7 Å². The molecule has 0 bridgehead atoms. The third-order valence-corrected chi connectivity index (χ3v) is 5.09. The summed E-state index contributed by atoms with van der Waals surface area (Å²) in [5.74, 6) is 2.60. The van der Waals surface area contributed by atoms with Crippen molar-refractivity contribution < 1.29 is 14.3 Å². The van der Waals surface area contributed by atoms with Gasteiger partial charge in [-0.2, -0.15) is 0 Å². The van der Waals surface area contributed by atoms with Crippen molar-refractivity contribution >= 4 is 23.2 Å². The van der Waals surface area contributed by atoms with Crippen molar-refractivity contribution in [3.05, 3.63) is 60.4 Å². The fourth-order valence-electron chi connectivity index (χ4n) is 3.40. The average molecular weight is 420 g/mol. The number of benzene rings is 1. The molecular weight excluding hydrogens is 396 g/mol. The molecule has 0 spiro atoms. The Hall–Kier alpha value is -3.88. The lowest BCUT2D eigenvalue weighted by Gasteiger charge is -2.35. The molecule has 160 valence electrons. The maximum Gasteiger partial charge on any atom is 0.254 e. The summed E-state index contributed by atoms with van der Waals surface area (Å²) in [6.07, 6.45) is 3.43. The van der Waals surface area contributed by atoms with E-state index in [2.05, 4.69) is 25.4 Å². The third kappa shape index (κ3) is 4.82. The molecule has 1 fully saturated rings. The maximum absolute atomic E-state index is 13.0. The van der Waals surface area contributed by atoms with Crippen LogP contribution in [0.15, 0.2) is 54.9 Å². The Bertz CT molecular complexity index is 999. The molecule has 0 atom stereocenters. The molecule has 3 heterocycles. The largest absolute Gasteiger partial charge is 0.497 e. The molecule has 1 aliphatic rings. The minimum Gasteiger partial charge on any atom is -0.497 e. The van der Waals surface area contributed by atoms with E-state index < -0.39 is 0 Å². The molecule has 4 rings (SSSR count). The van der Waals surface area contributed by atoms with Crippen LogP contribution in [0.1, 0.15) is 10.4 Å². The van der Waals surface area contributed by atoms with Gasteiger partial charge in [-0.25, -0.2) is 0 Å². The second-order valence-electron chi connectivity index (χ2n) is 7.02. The number of amides is 1. The molecule has 0 saturated carbocycles. The highest BCUT2D eigenvalue weighted by atomic mass is 16.5. The lowest BCUT2D eigenvalue weighted by Crippen LogP contribution is -2.49. The van der Waals surface area contributed by atoms with E-state index in [1.807, 2.05) is 29.2 Å². The molecule has 1 saturated heterocycles. The molecule has 1 aliphatic heterocycles. The van der Waals surface area contributed by atoms with Crippen LogP contribution in [0.4, 0.5) is 17.3 Å². The minimum atomic E-state index is -0.0418. The Kier molecular flexibility index (Phi) is 6.11. The van der Waals surface area contributed by atoms with Crippen molar-refractivity contribution in [2.75, 3.05) is 50.6 Å². The first-order valence-corrected chi connectivity index (χ1v) is 9.94. The van der Waals surface area contributed by atoms with Crippen LogP contribution in [0.5, 0.6) is 11.5 Å². The number of anilines is 3. The number of carbonyl (C=O) groups excluding carboxylic acids is 1. The van der Waals surface area contributed by atoms with Gasteiger partial charge in [-0.05, 0) is 36.4 Å². The Morgan fingerprint density at radius 1 is 0.903 bits per heavy atom. The highest BCUT2D eigenvalue weighted by Crippen LogP contribution is 2.24. The molecule has 9 heteroatoms. The smallest absolute Gasteiger partial charge is 0.254 e. The van der Waals surface area contributed by atoms with Crippen molar-refractivity contribution in [1.29, 1.82) is 0 Å². The summed E-state index contributed by atoms with van der Waals surface area (Å²) >= 11 is 0. The van der Waals surface area contributed by atoms with Gasteiger partial charge in [-0.1, -0.05) is 0 Å². The zero-order valence-electron chi connectivity index (χ0n) is 17.5. The molecule has 31 heavy (non-hydrogen) atoms. The Morgan fingerprint density at radius 3 is 2.16 bits per heavy atom. The second-order valence-corrected chi connectivity index (χ2v) is 7.02. The van der Waals surface area contributed by atoms with Gasteiger partial charge in [0, 0.05) is 55.9 Å². The number of methoxy groups -OCH3 is 2. The van der Waals surface area contributed by atoms with Crippen molar-refractivity contribution in [1.82, 2.24) is 20.1 Å². The van der Waals surface area contributed by atoms with Crippen molar-refractivity contribution in [3.8, 4) is 11.5 Å². The lowest BCUT2D eigenvalue weighted by molar-refractivity contribution is 0.0745. The molecule has 1 amide bonds. The summed E-state index contributed by atoms with van der Waals surface area (Å²) in [6.45, 7) is 2.55. The van der Waals surface area contributed by atoms with Gasteiger partial charge in [-0.15, -0.1) is 10.2 Å². The van der Waals surface area contributed by atoms with Crippen LogP contribution in [0, 0.1) is 0 Å². The number of ether oxygens (including phenoxy) is 2. The van der Waals surface area contributed by atoms with E-state index in [1.54, 1.807) is 44.8 Å². The maximum atomic E-state index is 13.0. The number of nitrogens with one attached hydrogen (secondary N) is 1. The summed E-state index contributed by atoms with van der Waals surface area (Å²) in [5.41, 5.74) is 1.45. The van der Waals surface area contributed by atoms with Crippen LogP contribution in [0.2, 0.25) is 0 Å². The monoisotopic (exact) mass is 420 g/mol. The summed E-state index contributed by atoms with van der Waals surface area (Å²) in [6, 6.07) is 12.8. The second kappa shape index (κ2) is 9.29. The van der Waals surface area contributed by atoms with Crippen LogP contribution >= 0.6 is 0 Å². The van der Waals surface area contributed by atoms with Crippen molar-refractivity contribution in [2.45, 2.75) is 0 Å². The number of hydrogen-bond donors (Lipinski definition) is 1. The predicted molar refractivity (Wildman–Crippen MR) is 117 cm³/mol. The quantitative estimate of drug-likeness (QED) is 0.651. The van der Waals surface area contributed by atoms with Gasteiger partial charge in [0.25, 0.3) is 5.91 Å². The zero-order chi connectivity index (χ0) is 21.6. The first-order valence-electron chi connectivity index (χ1n) is 9.94.